The Morgan fingerprint density at radius 2 is 1.75 bits per heavy atom. The van der Waals surface area contributed by atoms with E-state index in [4.69, 9.17) is 11.6 Å². The Morgan fingerprint density at radius 1 is 1.06 bits per heavy atom. The monoisotopic (exact) mass is 491 g/mol. The van der Waals surface area contributed by atoms with Crippen LogP contribution in [0.1, 0.15) is 21.6 Å². The van der Waals surface area contributed by atoms with E-state index in [0.29, 0.717) is 18.2 Å². The molecule has 0 saturated carbocycles. The molecule has 3 aromatic rings. The lowest BCUT2D eigenvalue weighted by Gasteiger charge is -2.16. The molecule has 0 aliphatic carbocycles. The number of anilines is 1. The summed E-state index contributed by atoms with van der Waals surface area (Å²) < 4.78 is 95.1. The summed E-state index contributed by atoms with van der Waals surface area (Å²) in [6.07, 6.45) is -4.34. The maximum atomic E-state index is 14.9. The molecular formula is C19H11ClF5N3O3S. The second kappa shape index (κ2) is 8.79. The first-order valence-electron chi connectivity index (χ1n) is 8.58. The highest BCUT2D eigenvalue weighted by atomic mass is 35.5. The van der Waals surface area contributed by atoms with E-state index in [9.17, 15) is 35.2 Å². The Kier molecular flexibility index (Phi) is 6.46. The van der Waals surface area contributed by atoms with Gasteiger partial charge in [0.25, 0.3) is 10.0 Å². The first-order chi connectivity index (χ1) is 14.9. The number of carbonyl (C=O) groups is 1. The second-order valence-electron chi connectivity index (χ2n) is 6.30. The van der Waals surface area contributed by atoms with Gasteiger partial charge in [0.05, 0.1) is 28.9 Å². The van der Waals surface area contributed by atoms with Gasteiger partial charge in [-0.1, -0.05) is 12.1 Å². The first-order valence-corrected chi connectivity index (χ1v) is 10.4. The van der Waals surface area contributed by atoms with Crippen LogP contribution in [0.15, 0.2) is 53.6 Å². The van der Waals surface area contributed by atoms with Gasteiger partial charge in [-0.05, 0) is 41.9 Å². The van der Waals surface area contributed by atoms with Crippen molar-refractivity contribution < 1.29 is 35.2 Å². The van der Waals surface area contributed by atoms with Crippen LogP contribution >= 0.6 is 11.6 Å². The molecule has 1 heterocycles. The van der Waals surface area contributed by atoms with Crippen molar-refractivity contribution in [1.82, 2.24) is 9.97 Å². The van der Waals surface area contributed by atoms with E-state index in [1.54, 1.807) is 4.72 Å². The van der Waals surface area contributed by atoms with Crippen molar-refractivity contribution in [3.8, 4) is 0 Å². The summed E-state index contributed by atoms with van der Waals surface area (Å²) in [7, 11) is -5.22. The van der Waals surface area contributed by atoms with Crippen molar-refractivity contribution in [3.05, 3.63) is 82.4 Å². The zero-order chi connectivity index (χ0) is 23.7. The fourth-order valence-electron chi connectivity index (χ4n) is 2.75. The number of nitrogens with zero attached hydrogens (tertiary/aromatic N) is 2. The van der Waals surface area contributed by atoms with Crippen molar-refractivity contribution >= 4 is 33.1 Å². The van der Waals surface area contributed by atoms with Gasteiger partial charge in [-0.3, -0.25) is 9.52 Å². The van der Waals surface area contributed by atoms with E-state index in [1.165, 1.54) is 12.3 Å². The SMILES string of the molecule is O=C(Cc1ccnc(Cl)n1)c1cccc(NS(=O)(=O)c2c(F)cccc2C(F)(F)F)c1F. The number of rotatable bonds is 6. The van der Waals surface area contributed by atoms with Crippen LogP contribution < -0.4 is 4.72 Å². The quantitative estimate of drug-likeness (QED) is 0.308. The maximum Gasteiger partial charge on any atom is 0.417 e. The van der Waals surface area contributed by atoms with Crippen LogP contribution in [0.5, 0.6) is 0 Å². The van der Waals surface area contributed by atoms with Crippen LogP contribution in [0.3, 0.4) is 0 Å². The molecule has 32 heavy (non-hydrogen) atoms. The predicted molar refractivity (Wildman–Crippen MR) is 104 cm³/mol. The topological polar surface area (TPSA) is 89.0 Å². The number of alkyl halides is 3. The highest BCUT2D eigenvalue weighted by Gasteiger charge is 2.39. The van der Waals surface area contributed by atoms with Gasteiger partial charge in [0.15, 0.2) is 11.6 Å². The molecule has 13 heteroatoms. The van der Waals surface area contributed by atoms with E-state index >= 15 is 0 Å². The fourth-order valence-corrected chi connectivity index (χ4v) is 4.27. The molecule has 0 amide bonds. The number of Topliss-reactive ketones (excluding diaryl/α,β-unsaturated/α-hetero) is 1. The lowest BCUT2D eigenvalue weighted by Crippen LogP contribution is -2.21. The number of hydrogen-bond acceptors (Lipinski definition) is 5. The summed E-state index contributed by atoms with van der Waals surface area (Å²) in [6.45, 7) is 0. The molecule has 168 valence electrons. The van der Waals surface area contributed by atoms with Crippen molar-refractivity contribution in [2.45, 2.75) is 17.5 Å². The second-order valence-corrected chi connectivity index (χ2v) is 8.26. The largest absolute Gasteiger partial charge is 0.417 e. The van der Waals surface area contributed by atoms with Crippen molar-refractivity contribution in [1.29, 1.82) is 0 Å². The number of halogens is 6. The molecule has 1 N–H and O–H groups in total. The summed E-state index contributed by atoms with van der Waals surface area (Å²) in [4.78, 5) is 18.2. The van der Waals surface area contributed by atoms with E-state index in [2.05, 4.69) is 9.97 Å². The van der Waals surface area contributed by atoms with Gasteiger partial charge < -0.3 is 0 Å². The predicted octanol–water partition coefficient (Wildman–Crippen LogP) is 4.65. The molecule has 0 fully saturated rings. The smallest absolute Gasteiger partial charge is 0.294 e. The number of nitrogens with one attached hydrogen (secondary N) is 1. The normalized spacial score (nSPS) is 11.9. The Morgan fingerprint density at radius 3 is 2.41 bits per heavy atom. The number of carbonyl (C=O) groups excluding carboxylic acids is 1. The number of benzene rings is 2. The van der Waals surface area contributed by atoms with E-state index < -0.39 is 61.7 Å². The molecule has 0 unspecified atom stereocenters. The molecule has 2 aromatic carbocycles. The standard InChI is InChI=1S/C19H11ClF5N3O3S/c20-18-26-8-7-10(27-18)9-15(29)11-3-1-6-14(16(11)22)28-32(30,31)17-12(19(23,24)25)4-2-5-13(17)21/h1-8,28H,9H2. The van der Waals surface area contributed by atoms with Crippen LogP contribution in [0.4, 0.5) is 27.6 Å². The van der Waals surface area contributed by atoms with Crippen molar-refractivity contribution in [2.24, 2.45) is 0 Å². The van der Waals surface area contributed by atoms with Crippen LogP contribution in [0.2, 0.25) is 5.28 Å². The number of aromatic nitrogens is 2. The highest BCUT2D eigenvalue weighted by molar-refractivity contribution is 7.92. The maximum absolute atomic E-state index is 14.9. The number of ketones is 1. The van der Waals surface area contributed by atoms with E-state index in [-0.39, 0.29) is 11.0 Å². The Labute approximate surface area is 183 Å². The molecule has 0 bridgehead atoms. The molecule has 0 atom stereocenters. The van der Waals surface area contributed by atoms with Crippen LogP contribution in [-0.4, -0.2) is 24.2 Å². The molecular weight excluding hydrogens is 481 g/mol. The van der Waals surface area contributed by atoms with Crippen LogP contribution in [-0.2, 0) is 22.6 Å². The summed E-state index contributed by atoms with van der Waals surface area (Å²) in [6, 6.07) is 5.96. The third-order valence-electron chi connectivity index (χ3n) is 4.11. The Hall–Kier alpha value is -3.12. The molecule has 0 aliphatic heterocycles. The van der Waals surface area contributed by atoms with Gasteiger partial charge in [0, 0.05) is 6.20 Å². The summed E-state index contributed by atoms with van der Waals surface area (Å²) >= 11 is 5.62. The number of hydrogen-bond donors (Lipinski definition) is 1. The molecule has 6 nitrogen and oxygen atoms in total. The van der Waals surface area contributed by atoms with Gasteiger partial charge >= 0.3 is 6.18 Å². The lowest BCUT2D eigenvalue weighted by molar-refractivity contribution is -0.140. The summed E-state index contributed by atoms with van der Waals surface area (Å²) in [5.41, 5.74) is -3.02. The van der Waals surface area contributed by atoms with E-state index in [1.807, 2.05) is 0 Å². The minimum Gasteiger partial charge on any atom is -0.294 e. The Bertz CT molecular complexity index is 1300. The van der Waals surface area contributed by atoms with Gasteiger partial charge in [0.2, 0.25) is 5.28 Å². The average molecular weight is 492 g/mol. The van der Waals surface area contributed by atoms with Crippen LogP contribution in [0, 0.1) is 11.6 Å². The molecule has 0 radical (unpaired) electrons. The third kappa shape index (κ3) is 5.02. The molecule has 0 saturated heterocycles. The molecule has 0 aliphatic rings. The summed E-state index contributed by atoms with van der Waals surface area (Å²) in [5, 5.41) is -0.150. The van der Waals surface area contributed by atoms with Gasteiger partial charge in [0.1, 0.15) is 10.7 Å². The fraction of sp³-hybridized carbons (Fsp3) is 0.105. The minimum atomic E-state index is -5.22. The van der Waals surface area contributed by atoms with E-state index in [0.717, 1.165) is 18.2 Å². The molecule has 1 aromatic heterocycles. The zero-order valence-electron chi connectivity index (χ0n) is 15.6. The van der Waals surface area contributed by atoms with Gasteiger partial charge in [-0.15, -0.1) is 0 Å². The minimum absolute atomic E-state index is 0.150. The van der Waals surface area contributed by atoms with Crippen LogP contribution in [0.25, 0.3) is 0 Å². The average Bonchev–Trinajstić information content (AvgIpc) is 2.68. The lowest BCUT2D eigenvalue weighted by atomic mass is 10.1. The molecule has 0 spiro atoms. The van der Waals surface area contributed by atoms with Gasteiger partial charge in [-0.2, -0.15) is 13.2 Å². The first kappa shape index (κ1) is 23.5. The number of sulfonamides is 1. The Balaban J connectivity index is 1.97. The molecule has 3 rings (SSSR count). The third-order valence-corrected chi connectivity index (χ3v) is 5.73. The van der Waals surface area contributed by atoms with Gasteiger partial charge in [-0.25, -0.2) is 27.2 Å². The van der Waals surface area contributed by atoms with Crippen molar-refractivity contribution in [2.75, 3.05) is 4.72 Å². The highest BCUT2D eigenvalue weighted by Crippen LogP contribution is 2.36. The zero-order valence-corrected chi connectivity index (χ0v) is 17.2. The summed E-state index contributed by atoms with van der Waals surface area (Å²) in [5.74, 6) is -3.85. The van der Waals surface area contributed by atoms with Crippen molar-refractivity contribution in [3.63, 3.8) is 0 Å².